The largest absolute Gasteiger partial charge is 0.297 e. The van der Waals surface area contributed by atoms with Crippen molar-refractivity contribution in [1.29, 1.82) is 10.5 Å². The molecule has 7 nitrogen and oxygen atoms in total. The maximum Gasteiger partial charge on any atom is 0.269 e. The van der Waals surface area contributed by atoms with Crippen molar-refractivity contribution >= 4 is 5.69 Å². The summed E-state index contributed by atoms with van der Waals surface area (Å²) in [6.45, 7) is 2.48. The predicted molar refractivity (Wildman–Crippen MR) is 72.4 cm³/mol. The average molecular weight is 286 g/mol. The Kier molecular flexibility index (Phi) is 4.18. The van der Waals surface area contributed by atoms with Crippen molar-refractivity contribution in [3.63, 3.8) is 0 Å². The van der Waals surface area contributed by atoms with Crippen molar-refractivity contribution in [2.75, 3.05) is 13.2 Å². The van der Waals surface area contributed by atoms with Crippen LogP contribution in [0, 0.1) is 38.7 Å². The maximum atomic E-state index is 10.7. The Morgan fingerprint density at radius 2 is 2.14 bits per heavy atom. The lowest BCUT2D eigenvalue weighted by Gasteiger charge is -2.34. The molecule has 1 aromatic rings. The molecule has 0 spiro atoms. The van der Waals surface area contributed by atoms with E-state index in [1.807, 2.05) is 13.0 Å². The number of rotatable bonds is 4. The van der Waals surface area contributed by atoms with Crippen LogP contribution in [0.2, 0.25) is 0 Å². The summed E-state index contributed by atoms with van der Waals surface area (Å²) >= 11 is 0. The summed E-state index contributed by atoms with van der Waals surface area (Å²) in [6.07, 6.45) is 0.278. The summed E-state index contributed by atoms with van der Waals surface area (Å²) in [4.78, 5) is 15.8. The third kappa shape index (κ3) is 2.57. The van der Waals surface area contributed by atoms with Gasteiger partial charge in [0.05, 0.1) is 41.5 Å². The molecule has 1 aliphatic rings. The molecule has 0 unspecified atom stereocenters. The van der Waals surface area contributed by atoms with E-state index in [9.17, 15) is 15.4 Å². The molecule has 1 saturated heterocycles. The van der Waals surface area contributed by atoms with Crippen molar-refractivity contribution in [3.8, 4) is 12.1 Å². The number of nitro groups is 1. The van der Waals surface area contributed by atoms with Gasteiger partial charge >= 0.3 is 0 Å². The van der Waals surface area contributed by atoms with Crippen molar-refractivity contribution in [2.45, 2.75) is 18.9 Å². The van der Waals surface area contributed by atoms with Gasteiger partial charge in [-0.1, -0.05) is 12.1 Å². The first-order valence-electron chi connectivity index (χ1n) is 6.46. The summed E-state index contributed by atoms with van der Waals surface area (Å²) in [5.41, 5.74) is 0.0363. The first-order chi connectivity index (χ1) is 10.0. The van der Waals surface area contributed by atoms with Gasteiger partial charge in [-0.25, -0.2) is 0 Å². The van der Waals surface area contributed by atoms with Crippen molar-refractivity contribution in [2.24, 2.45) is 5.92 Å². The molecule has 7 heteroatoms. The minimum absolute atomic E-state index is 0.00153. The average Bonchev–Trinajstić information content (AvgIpc) is 2.82. The molecule has 0 N–H and O–H groups in total. The van der Waals surface area contributed by atoms with E-state index in [1.54, 1.807) is 17.2 Å². The van der Waals surface area contributed by atoms with E-state index in [0.717, 1.165) is 5.56 Å². The van der Waals surface area contributed by atoms with Crippen molar-refractivity contribution in [3.05, 3.63) is 39.9 Å². The second kappa shape index (κ2) is 5.88. The van der Waals surface area contributed by atoms with E-state index < -0.39 is 16.4 Å². The van der Waals surface area contributed by atoms with Crippen molar-refractivity contribution < 1.29 is 9.76 Å². The molecule has 108 valence electrons. The quantitative estimate of drug-likeness (QED) is 0.620. The molecular weight excluding hydrogens is 272 g/mol. The zero-order chi connectivity index (χ0) is 15.5. The molecule has 1 aromatic carbocycles. The second-order valence-corrected chi connectivity index (χ2v) is 4.94. The van der Waals surface area contributed by atoms with E-state index in [4.69, 9.17) is 10.1 Å². The summed E-state index contributed by atoms with van der Waals surface area (Å²) in [7, 11) is 0. The van der Waals surface area contributed by atoms with Crippen LogP contribution in [0.3, 0.4) is 0 Å². The van der Waals surface area contributed by atoms with Crippen LogP contribution >= 0.6 is 0 Å². The molecule has 0 aromatic heterocycles. The lowest BCUT2D eigenvalue weighted by Crippen LogP contribution is -2.42. The van der Waals surface area contributed by atoms with Gasteiger partial charge in [-0.15, -0.1) is 0 Å². The van der Waals surface area contributed by atoms with Gasteiger partial charge in [-0.05, 0) is 12.5 Å². The molecule has 1 fully saturated rings. The number of nitriles is 2. The molecule has 0 saturated carbocycles. The second-order valence-electron chi connectivity index (χ2n) is 4.94. The van der Waals surface area contributed by atoms with Crippen molar-refractivity contribution in [1.82, 2.24) is 5.06 Å². The van der Waals surface area contributed by atoms with Gasteiger partial charge in [0.15, 0.2) is 0 Å². The summed E-state index contributed by atoms with van der Waals surface area (Å²) in [5, 5.41) is 30.4. The highest BCUT2D eigenvalue weighted by atomic mass is 16.7. The molecule has 2 atom stereocenters. The normalized spacial score (nSPS) is 25.2. The highest BCUT2D eigenvalue weighted by molar-refractivity contribution is 5.37. The first-order valence-corrected chi connectivity index (χ1v) is 6.46. The Hall–Kier alpha value is -2.48. The van der Waals surface area contributed by atoms with Crippen LogP contribution in [0.25, 0.3) is 0 Å². The first kappa shape index (κ1) is 14.9. The van der Waals surface area contributed by atoms with E-state index in [0.29, 0.717) is 6.54 Å². The van der Waals surface area contributed by atoms with E-state index in [-0.39, 0.29) is 18.7 Å². The Bertz CT molecular complexity index is 617. The smallest absolute Gasteiger partial charge is 0.269 e. The predicted octanol–water partition coefficient (Wildman–Crippen LogP) is 2.11. The molecule has 0 bridgehead atoms. The van der Waals surface area contributed by atoms with E-state index in [2.05, 4.69) is 6.07 Å². The Morgan fingerprint density at radius 1 is 1.48 bits per heavy atom. The van der Waals surface area contributed by atoms with Crippen LogP contribution in [-0.2, 0) is 10.4 Å². The fraction of sp³-hybridized carbons (Fsp3) is 0.429. The summed E-state index contributed by atoms with van der Waals surface area (Å²) in [5.74, 6) is -0.405. The van der Waals surface area contributed by atoms with Crippen LogP contribution in [0.1, 0.15) is 18.9 Å². The lowest BCUT2D eigenvalue weighted by atomic mass is 9.81. The fourth-order valence-corrected chi connectivity index (χ4v) is 2.51. The maximum absolute atomic E-state index is 10.7. The van der Waals surface area contributed by atoms with Crippen LogP contribution in [0.4, 0.5) is 5.69 Å². The van der Waals surface area contributed by atoms with Gasteiger partial charge < -0.3 is 0 Å². The molecule has 1 heterocycles. The van der Waals surface area contributed by atoms with Gasteiger partial charge in [0.1, 0.15) is 0 Å². The molecule has 1 aliphatic heterocycles. The number of hydrogen-bond donors (Lipinski definition) is 0. The lowest BCUT2D eigenvalue weighted by molar-refractivity contribution is -0.384. The Morgan fingerprint density at radius 3 is 2.67 bits per heavy atom. The highest BCUT2D eigenvalue weighted by Crippen LogP contribution is 2.41. The van der Waals surface area contributed by atoms with Gasteiger partial charge in [0.25, 0.3) is 5.69 Å². The van der Waals surface area contributed by atoms with Crippen LogP contribution in [-0.4, -0.2) is 23.1 Å². The number of nitro benzene ring substituents is 1. The molecule has 0 amide bonds. The number of hydrogen-bond acceptors (Lipinski definition) is 6. The SMILES string of the molecule is C[C@]1(c2ccc([N+](=O)[O-])cc2)[C@@H](C#N)CON1CCC#N. The van der Waals surface area contributed by atoms with E-state index in [1.165, 1.54) is 12.1 Å². The van der Waals surface area contributed by atoms with Crippen LogP contribution in [0.15, 0.2) is 24.3 Å². The van der Waals surface area contributed by atoms with Gasteiger partial charge in [-0.3, -0.25) is 15.0 Å². The Labute approximate surface area is 122 Å². The summed E-state index contributed by atoms with van der Waals surface area (Å²) in [6, 6.07) is 10.4. The number of hydroxylamine groups is 2. The molecule has 0 radical (unpaired) electrons. The Balaban J connectivity index is 2.37. The van der Waals surface area contributed by atoms with Crippen LogP contribution < -0.4 is 0 Å². The molecule has 2 rings (SSSR count). The minimum Gasteiger partial charge on any atom is -0.297 e. The topological polar surface area (TPSA) is 103 Å². The van der Waals surface area contributed by atoms with Gasteiger partial charge in [0, 0.05) is 18.7 Å². The zero-order valence-corrected chi connectivity index (χ0v) is 11.5. The minimum atomic E-state index is -0.721. The highest BCUT2D eigenvalue weighted by Gasteiger charge is 2.48. The number of benzene rings is 1. The van der Waals surface area contributed by atoms with E-state index >= 15 is 0 Å². The molecule has 0 aliphatic carbocycles. The molecular formula is C14H14N4O3. The standard InChI is InChI=1S/C14H14N4O3/c1-14(11-3-5-13(6-4-11)18(19)20)12(9-16)10-21-17(14)8-2-7-15/h3-6,12H,2,8,10H2,1H3/t12-,14-/m0/s1. The third-order valence-corrected chi connectivity index (χ3v) is 3.84. The van der Waals surface area contributed by atoms with Crippen LogP contribution in [0.5, 0.6) is 0 Å². The fourth-order valence-electron chi connectivity index (χ4n) is 2.51. The molecule has 21 heavy (non-hydrogen) atoms. The summed E-state index contributed by atoms with van der Waals surface area (Å²) < 4.78 is 0. The monoisotopic (exact) mass is 286 g/mol. The zero-order valence-electron chi connectivity index (χ0n) is 11.5. The third-order valence-electron chi connectivity index (χ3n) is 3.84. The number of non-ortho nitro benzene ring substituents is 1. The van der Waals surface area contributed by atoms with Gasteiger partial charge in [0.2, 0.25) is 0 Å². The number of nitrogens with zero attached hydrogens (tertiary/aromatic N) is 4. The van der Waals surface area contributed by atoms with Gasteiger partial charge in [-0.2, -0.15) is 15.6 Å².